The number of hydrogen-bond donors (Lipinski definition) is 1. The van der Waals surface area contributed by atoms with E-state index < -0.39 is 0 Å². The SMILES string of the molecule is COCCNCc1cc(C)nc2ccc(Cl)cc12. The number of aryl methyl sites for hydroxylation is 1. The summed E-state index contributed by atoms with van der Waals surface area (Å²) in [4.78, 5) is 4.51. The van der Waals surface area contributed by atoms with Crippen molar-refractivity contribution in [2.45, 2.75) is 13.5 Å². The van der Waals surface area contributed by atoms with Crippen LogP contribution in [0, 0.1) is 6.92 Å². The number of ether oxygens (including phenoxy) is 1. The molecule has 0 bridgehead atoms. The van der Waals surface area contributed by atoms with Crippen molar-refractivity contribution in [2.24, 2.45) is 0 Å². The standard InChI is InChI=1S/C14H17ClN2O/c1-10-7-11(9-16-5-6-18-2)13-8-12(15)3-4-14(13)17-10/h3-4,7-8,16H,5-6,9H2,1-2H3. The minimum atomic E-state index is 0.711. The summed E-state index contributed by atoms with van der Waals surface area (Å²) >= 11 is 6.05. The van der Waals surface area contributed by atoms with Gasteiger partial charge in [-0.15, -0.1) is 0 Å². The van der Waals surface area contributed by atoms with E-state index >= 15 is 0 Å². The lowest BCUT2D eigenvalue weighted by Gasteiger charge is -2.09. The molecule has 0 saturated carbocycles. The van der Waals surface area contributed by atoms with Gasteiger partial charge in [-0.3, -0.25) is 4.98 Å². The Hall–Kier alpha value is -1.16. The fourth-order valence-corrected chi connectivity index (χ4v) is 2.13. The Balaban J connectivity index is 2.27. The number of nitrogens with zero attached hydrogens (tertiary/aromatic N) is 1. The van der Waals surface area contributed by atoms with Crippen molar-refractivity contribution in [3.05, 3.63) is 40.5 Å². The zero-order chi connectivity index (χ0) is 13.0. The summed E-state index contributed by atoms with van der Waals surface area (Å²) in [6, 6.07) is 7.90. The molecule has 1 aromatic heterocycles. The Labute approximate surface area is 112 Å². The van der Waals surface area contributed by atoms with Crippen molar-refractivity contribution >= 4 is 22.5 Å². The van der Waals surface area contributed by atoms with Gasteiger partial charge in [0.25, 0.3) is 0 Å². The molecule has 2 rings (SSSR count). The van der Waals surface area contributed by atoms with E-state index in [-0.39, 0.29) is 0 Å². The van der Waals surface area contributed by atoms with Crippen LogP contribution in [0.15, 0.2) is 24.3 Å². The number of nitrogens with one attached hydrogen (secondary N) is 1. The number of fused-ring (bicyclic) bond motifs is 1. The van der Waals surface area contributed by atoms with Crippen LogP contribution in [0.3, 0.4) is 0 Å². The van der Waals surface area contributed by atoms with Crippen molar-refractivity contribution in [3.8, 4) is 0 Å². The van der Waals surface area contributed by atoms with Gasteiger partial charge in [0.1, 0.15) is 0 Å². The largest absolute Gasteiger partial charge is 0.383 e. The van der Waals surface area contributed by atoms with Gasteiger partial charge in [0.15, 0.2) is 0 Å². The second-order valence-electron chi connectivity index (χ2n) is 4.25. The third-order valence-electron chi connectivity index (χ3n) is 2.78. The molecule has 0 radical (unpaired) electrons. The number of halogens is 1. The molecular weight excluding hydrogens is 248 g/mol. The highest BCUT2D eigenvalue weighted by Gasteiger charge is 2.04. The van der Waals surface area contributed by atoms with Gasteiger partial charge < -0.3 is 10.1 Å². The Morgan fingerprint density at radius 1 is 1.33 bits per heavy atom. The van der Waals surface area contributed by atoms with E-state index in [0.29, 0.717) is 6.61 Å². The lowest BCUT2D eigenvalue weighted by Crippen LogP contribution is -2.18. The normalized spacial score (nSPS) is 11.1. The van der Waals surface area contributed by atoms with Gasteiger partial charge in [0, 0.05) is 36.3 Å². The number of benzene rings is 1. The number of hydrogen-bond acceptors (Lipinski definition) is 3. The van der Waals surface area contributed by atoms with Crippen LogP contribution in [0.25, 0.3) is 10.9 Å². The van der Waals surface area contributed by atoms with Gasteiger partial charge in [0.2, 0.25) is 0 Å². The summed E-state index contributed by atoms with van der Waals surface area (Å²) in [5.74, 6) is 0. The van der Waals surface area contributed by atoms with Crippen molar-refractivity contribution in [1.82, 2.24) is 10.3 Å². The second-order valence-corrected chi connectivity index (χ2v) is 4.69. The molecule has 0 fully saturated rings. The summed E-state index contributed by atoms with van der Waals surface area (Å²) in [6.07, 6.45) is 0. The van der Waals surface area contributed by atoms with E-state index in [1.54, 1.807) is 7.11 Å². The molecule has 1 heterocycles. The molecular formula is C14H17ClN2O. The Morgan fingerprint density at radius 3 is 2.94 bits per heavy atom. The third kappa shape index (κ3) is 3.19. The fraction of sp³-hybridized carbons (Fsp3) is 0.357. The fourth-order valence-electron chi connectivity index (χ4n) is 1.96. The lowest BCUT2D eigenvalue weighted by atomic mass is 10.1. The molecule has 1 aromatic carbocycles. The maximum atomic E-state index is 6.05. The van der Waals surface area contributed by atoms with Gasteiger partial charge in [-0.2, -0.15) is 0 Å². The molecule has 0 unspecified atom stereocenters. The van der Waals surface area contributed by atoms with Gasteiger partial charge in [-0.05, 0) is 36.8 Å². The summed E-state index contributed by atoms with van der Waals surface area (Å²) in [7, 11) is 1.70. The number of methoxy groups -OCH3 is 1. The maximum absolute atomic E-state index is 6.05. The van der Waals surface area contributed by atoms with E-state index in [9.17, 15) is 0 Å². The average Bonchev–Trinajstić information content (AvgIpc) is 2.35. The zero-order valence-electron chi connectivity index (χ0n) is 10.7. The average molecular weight is 265 g/mol. The molecule has 2 aromatic rings. The van der Waals surface area contributed by atoms with Crippen LogP contribution in [0.2, 0.25) is 5.02 Å². The molecule has 3 nitrogen and oxygen atoms in total. The first-order chi connectivity index (χ1) is 8.70. The Kier molecular flexibility index (Phi) is 4.53. The summed E-state index contributed by atoms with van der Waals surface area (Å²) in [5, 5.41) is 5.20. The van der Waals surface area contributed by atoms with E-state index in [4.69, 9.17) is 16.3 Å². The molecule has 18 heavy (non-hydrogen) atoms. The Bertz CT molecular complexity index is 543. The first-order valence-corrected chi connectivity index (χ1v) is 6.34. The van der Waals surface area contributed by atoms with Crippen LogP contribution in [0.5, 0.6) is 0 Å². The van der Waals surface area contributed by atoms with Gasteiger partial charge >= 0.3 is 0 Å². The highest BCUT2D eigenvalue weighted by Crippen LogP contribution is 2.22. The van der Waals surface area contributed by atoms with Gasteiger partial charge in [-0.25, -0.2) is 0 Å². The highest BCUT2D eigenvalue weighted by atomic mass is 35.5. The molecule has 0 aliphatic heterocycles. The predicted molar refractivity (Wildman–Crippen MR) is 75.1 cm³/mol. The van der Waals surface area contributed by atoms with Crippen LogP contribution in [0.4, 0.5) is 0 Å². The first-order valence-electron chi connectivity index (χ1n) is 5.96. The van der Waals surface area contributed by atoms with Crippen molar-refractivity contribution < 1.29 is 4.74 Å². The lowest BCUT2D eigenvalue weighted by molar-refractivity contribution is 0.199. The number of aromatic nitrogens is 1. The van der Waals surface area contributed by atoms with Crippen LogP contribution < -0.4 is 5.32 Å². The summed E-state index contributed by atoms with van der Waals surface area (Å²) < 4.78 is 5.01. The van der Waals surface area contributed by atoms with E-state index in [1.165, 1.54) is 5.56 Å². The quantitative estimate of drug-likeness (QED) is 0.843. The van der Waals surface area contributed by atoms with Gasteiger partial charge in [-0.1, -0.05) is 11.6 Å². The van der Waals surface area contributed by atoms with Crippen molar-refractivity contribution in [2.75, 3.05) is 20.3 Å². The molecule has 0 atom stereocenters. The number of pyridine rings is 1. The maximum Gasteiger partial charge on any atom is 0.0709 e. The van der Waals surface area contributed by atoms with Crippen LogP contribution in [0.1, 0.15) is 11.3 Å². The Morgan fingerprint density at radius 2 is 2.17 bits per heavy atom. The molecule has 0 amide bonds. The topological polar surface area (TPSA) is 34.1 Å². The van der Waals surface area contributed by atoms with E-state index in [1.807, 2.05) is 25.1 Å². The second kappa shape index (κ2) is 6.14. The van der Waals surface area contributed by atoms with E-state index in [0.717, 1.165) is 34.7 Å². The number of rotatable bonds is 5. The van der Waals surface area contributed by atoms with E-state index in [2.05, 4.69) is 16.4 Å². The highest BCUT2D eigenvalue weighted by molar-refractivity contribution is 6.31. The predicted octanol–water partition coefficient (Wildman–Crippen LogP) is 2.93. The minimum Gasteiger partial charge on any atom is -0.383 e. The van der Waals surface area contributed by atoms with Crippen molar-refractivity contribution in [1.29, 1.82) is 0 Å². The molecule has 0 spiro atoms. The van der Waals surface area contributed by atoms with Crippen LogP contribution in [-0.4, -0.2) is 25.2 Å². The van der Waals surface area contributed by atoms with Crippen LogP contribution in [-0.2, 0) is 11.3 Å². The third-order valence-corrected chi connectivity index (χ3v) is 3.02. The molecule has 0 aliphatic carbocycles. The minimum absolute atomic E-state index is 0.711. The zero-order valence-corrected chi connectivity index (χ0v) is 11.4. The molecule has 4 heteroatoms. The molecule has 96 valence electrons. The monoisotopic (exact) mass is 264 g/mol. The summed E-state index contributed by atoms with van der Waals surface area (Å²) in [5.41, 5.74) is 3.23. The van der Waals surface area contributed by atoms with Gasteiger partial charge in [0.05, 0.1) is 12.1 Å². The molecule has 0 aliphatic rings. The summed E-state index contributed by atoms with van der Waals surface area (Å²) in [6.45, 7) is 4.35. The van der Waals surface area contributed by atoms with Crippen molar-refractivity contribution in [3.63, 3.8) is 0 Å². The first kappa shape index (κ1) is 13.3. The van der Waals surface area contributed by atoms with Crippen LogP contribution >= 0.6 is 11.6 Å². The smallest absolute Gasteiger partial charge is 0.0709 e. The molecule has 0 saturated heterocycles. The molecule has 1 N–H and O–H groups in total.